The van der Waals surface area contributed by atoms with E-state index in [1.165, 1.54) is 11.1 Å². The van der Waals surface area contributed by atoms with Crippen molar-refractivity contribution < 1.29 is 0 Å². The van der Waals surface area contributed by atoms with E-state index in [0.717, 1.165) is 30.9 Å². The zero-order valence-corrected chi connectivity index (χ0v) is 12.1. The minimum Gasteiger partial charge on any atom is -0.312 e. The number of benzene rings is 1. The molecule has 0 saturated heterocycles. The first-order chi connectivity index (χ1) is 10.3. The van der Waals surface area contributed by atoms with Crippen molar-refractivity contribution in [1.29, 1.82) is 0 Å². The van der Waals surface area contributed by atoms with E-state index in [1.807, 2.05) is 30.1 Å². The summed E-state index contributed by atoms with van der Waals surface area (Å²) >= 11 is 0. The fourth-order valence-electron chi connectivity index (χ4n) is 2.25. The van der Waals surface area contributed by atoms with Crippen LogP contribution in [0.15, 0.2) is 48.9 Å². The Morgan fingerprint density at radius 2 is 2.10 bits per heavy atom. The molecule has 2 heterocycles. The first kappa shape index (κ1) is 13.6. The van der Waals surface area contributed by atoms with Crippen molar-refractivity contribution in [3.8, 4) is 5.69 Å². The summed E-state index contributed by atoms with van der Waals surface area (Å²) in [5.74, 6) is 0. The van der Waals surface area contributed by atoms with E-state index in [2.05, 4.69) is 44.9 Å². The van der Waals surface area contributed by atoms with Gasteiger partial charge in [0, 0.05) is 30.2 Å². The van der Waals surface area contributed by atoms with Gasteiger partial charge in [0.1, 0.15) is 0 Å². The number of nitrogens with zero attached hydrogens (tertiary/aromatic N) is 3. The maximum atomic E-state index is 4.22. The summed E-state index contributed by atoms with van der Waals surface area (Å²) in [7, 11) is 0. The van der Waals surface area contributed by atoms with Crippen molar-refractivity contribution in [2.45, 2.75) is 19.9 Å². The van der Waals surface area contributed by atoms with E-state index in [9.17, 15) is 0 Å². The number of aromatic amines is 1. The molecular formula is C16H19N5. The first-order valence-electron chi connectivity index (χ1n) is 7.11. The summed E-state index contributed by atoms with van der Waals surface area (Å²) in [6.07, 6.45) is 6.62. The van der Waals surface area contributed by atoms with Crippen molar-refractivity contribution in [3.05, 3.63) is 65.7 Å². The van der Waals surface area contributed by atoms with Crippen LogP contribution in [0.3, 0.4) is 0 Å². The normalized spacial score (nSPS) is 10.9. The zero-order valence-electron chi connectivity index (χ0n) is 12.1. The third-order valence-electron chi connectivity index (χ3n) is 3.55. The van der Waals surface area contributed by atoms with E-state index < -0.39 is 0 Å². The van der Waals surface area contributed by atoms with Gasteiger partial charge in [-0.2, -0.15) is 10.2 Å². The van der Waals surface area contributed by atoms with Gasteiger partial charge in [-0.05, 0) is 43.7 Å². The molecule has 0 saturated carbocycles. The standard InChI is InChI=1S/C16H19N5/c1-13-15(12-18-20-13)11-17-9-7-14-3-5-16(6-4-14)21-10-2-8-19-21/h2-6,8,10,12,17H,7,9,11H2,1H3,(H,18,20). The van der Waals surface area contributed by atoms with Gasteiger partial charge in [0.05, 0.1) is 11.9 Å². The van der Waals surface area contributed by atoms with Crippen LogP contribution in [0.5, 0.6) is 0 Å². The lowest BCUT2D eigenvalue weighted by Gasteiger charge is -2.06. The Kier molecular flexibility index (Phi) is 4.12. The van der Waals surface area contributed by atoms with Crippen molar-refractivity contribution in [3.63, 3.8) is 0 Å². The van der Waals surface area contributed by atoms with Crippen LogP contribution in [-0.2, 0) is 13.0 Å². The fraction of sp³-hybridized carbons (Fsp3) is 0.250. The number of aromatic nitrogens is 4. The quantitative estimate of drug-likeness (QED) is 0.681. The van der Waals surface area contributed by atoms with Crippen LogP contribution in [0.25, 0.3) is 5.69 Å². The summed E-state index contributed by atoms with van der Waals surface area (Å²) in [4.78, 5) is 0. The Morgan fingerprint density at radius 1 is 1.24 bits per heavy atom. The van der Waals surface area contributed by atoms with Crippen LogP contribution >= 0.6 is 0 Å². The van der Waals surface area contributed by atoms with Crippen molar-refractivity contribution in [2.75, 3.05) is 6.54 Å². The highest BCUT2D eigenvalue weighted by atomic mass is 15.3. The zero-order chi connectivity index (χ0) is 14.5. The monoisotopic (exact) mass is 281 g/mol. The molecule has 1 aromatic carbocycles. The number of hydrogen-bond acceptors (Lipinski definition) is 3. The topological polar surface area (TPSA) is 58.5 Å². The van der Waals surface area contributed by atoms with Crippen molar-refractivity contribution >= 4 is 0 Å². The lowest BCUT2D eigenvalue weighted by molar-refractivity contribution is 0.684. The van der Waals surface area contributed by atoms with E-state index in [1.54, 1.807) is 6.20 Å². The molecule has 0 spiro atoms. The molecule has 0 aliphatic heterocycles. The Hall–Kier alpha value is -2.40. The Morgan fingerprint density at radius 3 is 2.76 bits per heavy atom. The molecule has 0 amide bonds. The molecule has 0 radical (unpaired) electrons. The Labute approximate surface area is 124 Å². The van der Waals surface area contributed by atoms with Crippen LogP contribution in [0.1, 0.15) is 16.8 Å². The average molecular weight is 281 g/mol. The van der Waals surface area contributed by atoms with E-state index in [4.69, 9.17) is 0 Å². The second-order valence-electron chi connectivity index (χ2n) is 5.06. The largest absolute Gasteiger partial charge is 0.312 e. The molecule has 0 bridgehead atoms. The van der Waals surface area contributed by atoms with Crippen LogP contribution in [-0.4, -0.2) is 26.5 Å². The van der Waals surface area contributed by atoms with Gasteiger partial charge in [0.2, 0.25) is 0 Å². The molecule has 0 aliphatic carbocycles. The van der Waals surface area contributed by atoms with Gasteiger partial charge in [0.25, 0.3) is 0 Å². The lowest BCUT2D eigenvalue weighted by atomic mass is 10.1. The maximum absolute atomic E-state index is 4.22. The molecule has 3 rings (SSSR count). The van der Waals surface area contributed by atoms with Gasteiger partial charge in [0.15, 0.2) is 0 Å². The van der Waals surface area contributed by atoms with Gasteiger partial charge in [-0.15, -0.1) is 0 Å². The molecule has 0 atom stereocenters. The first-order valence-corrected chi connectivity index (χ1v) is 7.11. The molecule has 3 aromatic rings. The molecule has 108 valence electrons. The number of nitrogens with one attached hydrogen (secondary N) is 2. The molecule has 2 N–H and O–H groups in total. The van der Waals surface area contributed by atoms with Crippen LogP contribution in [0.4, 0.5) is 0 Å². The highest BCUT2D eigenvalue weighted by molar-refractivity contribution is 5.33. The van der Waals surface area contributed by atoms with Crippen LogP contribution in [0.2, 0.25) is 0 Å². The smallest absolute Gasteiger partial charge is 0.0645 e. The van der Waals surface area contributed by atoms with E-state index in [-0.39, 0.29) is 0 Å². The van der Waals surface area contributed by atoms with Crippen molar-refractivity contribution in [1.82, 2.24) is 25.3 Å². The average Bonchev–Trinajstić information content (AvgIpc) is 3.16. The van der Waals surface area contributed by atoms with Gasteiger partial charge in [-0.3, -0.25) is 5.10 Å². The Bertz CT molecular complexity index is 667. The fourth-order valence-corrected chi connectivity index (χ4v) is 2.25. The summed E-state index contributed by atoms with van der Waals surface area (Å²) < 4.78 is 1.86. The summed E-state index contributed by atoms with van der Waals surface area (Å²) in [6.45, 7) is 3.84. The third kappa shape index (κ3) is 3.38. The molecular weight excluding hydrogens is 262 g/mol. The van der Waals surface area contributed by atoms with E-state index in [0.29, 0.717) is 0 Å². The molecule has 2 aromatic heterocycles. The number of H-pyrrole nitrogens is 1. The SMILES string of the molecule is Cc1[nH]ncc1CNCCc1ccc(-n2cccn2)cc1. The molecule has 0 unspecified atom stereocenters. The summed E-state index contributed by atoms with van der Waals surface area (Å²) in [6, 6.07) is 10.4. The highest BCUT2D eigenvalue weighted by Gasteiger charge is 2.00. The maximum Gasteiger partial charge on any atom is 0.0645 e. The van der Waals surface area contributed by atoms with Crippen LogP contribution < -0.4 is 5.32 Å². The second kappa shape index (κ2) is 6.37. The van der Waals surface area contributed by atoms with Crippen molar-refractivity contribution in [2.24, 2.45) is 0 Å². The summed E-state index contributed by atoms with van der Waals surface area (Å²) in [5.41, 5.74) is 4.77. The van der Waals surface area contributed by atoms with Gasteiger partial charge in [-0.25, -0.2) is 4.68 Å². The predicted molar refractivity (Wildman–Crippen MR) is 82.3 cm³/mol. The molecule has 0 aliphatic rings. The Balaban J connectivity index is 1.48. The number of hydrogen-bond donors (Lipinski definition) is 2. The minimum atomic E-state index is 0.855. The lowest BCUT2D eigenvalue weighted by Crippen LogP contribution is -2.16. The van der Waals surface area contributed by atoms with E-state index >= 15 is 0 Å². The molecule has 5 heteroatoms. The minimum absolute atomic E-state index is 0.855. The highest BCUT2D eigenvalue weighted by Crippen LogP contribution is 2.09. The molecule has 21 heavy (non-hydrogen) atoms. The number of aryl methyl sites for hydroxylation is 1. The molecule has 0 fully saturated rings. The summed E-state index contributed by atoms with van der Waals surface area (Å²) in [5, 5.41) is 14.6. The van der Waals surface area contributed by atoms with Crippen LogP contribution in [0, 0.1) is 6.92 Å². The molecule has 5 nitrogen and oxygen atoms in total. The third-order valence-corrected chi connectivity index (χ3v) is 3.55. The number of rotatable bonds is 6. The predicted octanol–water partition coefficient (Wildman–Crippen LogP) is 2.24. The second-order valence-corrected chi connectivity index (χ2v) is 5.06. The van der Waals surface area contributed by atoms with Gasteiger partial charge >= 0.3 is 0 Å². The van der Waals surface area contributed by atoms with Gasteiger partial charge in [-0.1, -0.05) is 12.1 Å². The van der Waals surface area contributed by atoms with Gasteiger partial charge < -0.3 is 5.32 Å².